The zero-order chi connectivity index (χ0) is 13.7. The normalized spacial score (nSPS) is 17.7. The van der Waals surface area contributed by atoms with E-state index in [2.05, 4.69) is 43.2 Å². The molecule has 1 saturated heterocycles. The molecule has 1 aliphatic heterocycles. The summed E-state index contributed by atoms with van der Waals surface area (Å²) in [6, 6.07) is 8.10. The van der Waals surface area contributed by atoms with E-state index < -0.39 is 0 Å². The SMILES string of the molecule is COc1ccc(/C=C/CN(C)CC2(C)COC2)cc1. The molecular weight excluding hydrogens is 238 g/mol. The standard InChI is InChI=1S/C16H23NO2/c1-16(12-19-13-16)11-17(2)10-4-5-14-6-8-15(18-3)9-7-14/h4-9H,10-13H2,1-3H3/b5-4+. The maximum Gasteiger partial charge on any atom is 0.118 e. The number of nitrogens with zero attached hydrogens (tertiary/aromatic N) is 1. The van der Waals surface area contributed by atoms with Crippen molar-refractivity contribution in [3.8, 4) is 5.75 Å². The predicted molar refractivity (Wildman–Crippen MR) is 78.5 cm³/mol. The van der Waals surface area contributed by atoms with E-state index in [0.717, 1.165) is 32.1 Å². The van der Waals surface area contributed by atoms with Crippen LogP contribution in [0.5, 0.6) is 5.75 Å². The summed E-state index contributed by atoms with van der Waals surface area (Å²) in [5.74, 6) is 0.896. The summed E-state index contributed by atoms with van der Waals surface area (Å²) in [7, 11) is 3.84. The fourth-order valence-electron chi connectivity index (χ4n) is 2.34. The Kier molecular flexibility index (Phi) is 4.61. The quantitative estimate of drug-likeness (QED) is 0.786. The third kappa shape index (κ3) is 4.08. The van der Waals surface area contributed by atoms with Crippen molar-refractivity contribution >= 4 is 6.08 Å². The molecule has 0 spiro atoms. The molecule has 1 aromatic carbocycles. The summed E-state index contributed by atoms with van der Waals surface area (Å²) in [5.41, 5.74) is 1.55. The van der Waals surface area contributed by atoms with Gasteiger partial charge in [0.25, 0.3) is 0 Å². The molecule has 1 aromatic rings. The zero-order valence-electron chi connectivity index (χ0n) is 12.1. The zero-order valence-corrected chi connectivity index (χ0v) is 12.1. The molecule has 3 heteroatoms. The van der Waals surface area contributed by atoms with Gasteiger partial charge in [0.15, 0.2) is 0 Å². The Labute approximate surface area is 115 Å². The molecule has 0 amide bonds. The lowest BCUT2D eigenvalue weighted by molar-refractivity contribution is -0.111. The van der Waals surface area contributed by atoms with Gasteiger partial charge in [-0.25, -0.2) is 0 Å². The van der Waals surface area contributed by atoms with Crippen LogP contribution in [0.1, 0.15) is 12.5 Å². The summed E-state index contributed by atoms with van der Waals surface area (Å²) < 4.78 is 10.4. The Morgan fingerprint density at radius 2 is 2.00 bits per heavy atom. The lowest BCUT2D eigenvalue weighted by atomic mass is 9.88. The van der Waals surface area contributed by atoms with Gasteiger partial charge in [-0.05, 0) is 24.7 Å². The minimum Gasteiger partial charge on any atom is -0.497 e. The van der Waals surface area contributed by atoms with Crippen molar-refractivity contribution in [3.63, 3.8) is 0 Å². The van der Waals surface area contributed by atoms with E-state index in [1.165, 1.54) is 5.56 Å². The fraction of sp³-hybridized carbons (Fsp3) is 0.500. The number of rotatable bonds is 6. The van der Waals surface area contributed by atoms with Crippen molar-refractivity contribution in [3.05, 3.63) is 35.9 Å². The maximum absolute atomic E-state index is 5.28. The molecule has 0 unspecified atom stereocenters. The van der Waals surface area contributed by atoms with Crippen molar-refractivity contribution in [2.75, 3.05) is 40.5 Å². The van der Waals surface area contributed by atoms with Gasteiger partial charge in [-0.15, -0.1) is 0 Å². The molecule has 1 fully saturated rings. The van der Waals surface area contributed by atoms with Gasteiger partial charge in [0.05, 0.1) is 20.3 Å². The van der Waals surface area contributed by atoms with Crippen LogP contribution in [0.2, 0.25) is 0 Å². The van der Waals surface area contributed by atoms with Crippen molar-refractivity contribution in [1.82, 2.24) is 4.90 Å². The smallest absolute Gasteiger partial charge is 0.118 e. The number of hydrogen-bond acceptors (Lipinski definition) is 3. The van der Waals surface area contributed by atoms with Crippen LogP contribution in [-0.2, 0) is 4.74 Å². The van der Waals surface area contributed by atoms with Crippen molar-refractivity contribution in [2.24, 2.45) is 5.41 Å². The van der Waals surface area contributed by atoms with Crippen LogP contribution in [0.15, 0.2) is 30.3 Å². The molecule has 0 radical (unpaired) electrons. The highest BCUT2D eigenvalue weighted by Gasteiger charge is 2.33. The second-order valence-electron chi connectivity index (χ2n) is 5.68. The Bertz CT molecular complexity index is 421. The fourth-order valence-corrected chi connectivity index (χ4v) is 2.34. The summed E-state index contributed by atoms with van der Waals surface area (Å²) in [6.45, 7) is 6.10. The predicted octanol–water partition coefficient (Wildman–Crippen LogP) is 2.68. The van der Waals surface area contributed by atoms with Gasteiger partial charge in [-0.2, -0.15) is 0 Å². The molecular formula is C16H23NO2. The lowest BCUT2D eigenvalue weighted by Crippen LogP contribution is -2.47. The van der Waals surface area contributed by atoms with Gasteiger partial charge >= 0.3 is 0 Å². The van der Waals surface area contributed by atoms with Gasteiger partial charge in [0.2, 0.25) is 0 Å². The molecule has 0 N–H and O–H groups in total. The summed E-state index contributed by atoms with van der Waals surface area (Å²) in [4.78, 5) is 2.34. The Morgan fingerprint density at radius 1 is 1.32 bits per heavy atom. The number of methoxy groups -OCH3 is 1. The number of ether oxygens (including phenoxy) is 2. The summed E-state index contributed by atoms with van der Waals surface area (Å²) >= 11 is 0. The Balaban J connectivity index is 1.78. The van der Waals surface area contributed by atoms with E-state index in [-0.39, 0.29) is 0 Å². The number of benzene rings is 1. The Hall–Kier alpha value is -1.32. The van der Waals surface area contributed by atoms with Gasteiger partial charge < -0.3 is 14.4 Å². The van der Waals surface area contributed by atoms with E-state index >= 15 is 0 Å². The average molecular weight is 261 g/mol. The van der Waals surface area contributed by atoms with Crippen LogP contribution < -0.4 is 4.74 Å². The van der Waals surface area contributed by atoms with Crippen LogP contribution in [0.3, 0.4) is 0 Å². The molecule has 3 nitrogen and oxygen atoms in total. The lowest BCUT2D eigenvalue weighted by Gasteiger charge is -2.40. The highest BCUT2D eigenvalue weighted by atomic mass is 16.5. The van der Waals surface area contributed by atoms with E-state index in [9.17, 15) is 0 Å². The van der Waals surface area contributed by atoms with Crippen LogP contribution in [0, 0.1) is 5.41 Å². The second kappa shape index (κ2) is 6.22. The monoisotopic (exact) mass is 261 g/mol. The summed E-state index contributed by atoms with van der Waals surface area (Å²) in [6.07, 6.45) is 4.35. The van der Waals surface area contributed by atoms with Crippen molar-refractivity contribution in [1.29, 1.82) is 0 Å². The highest BCUT2D eigenvalue weighted by Crippen LogP contribution is 2.27. The largest absolute Gasteiger partial charge is 0.497 e. The molecule has 0 atom stereocenters. The first kappa shape index (κ1) is 14.1. The molecule has 0 saturated carbocycles. The van der Waals surface area contributed by atoms with E-state index in [1.807, 2.05) is 12.1 Å². The number of hydrogen-bond donors (Lipinski definition) is 0. The summed E-state index contributed by atoms with van der Waals surface area (Å²) in [5, 5.41) is 0. The minimum absolute atomic E-state index is 0.350. The molecule has 19 heavy (non-hydrogen) atoms. The first-order valence-corrected chi connectivity index (χ1v) is 6.68. The Morgan fingerprint density at radius 3 is 2.53 bits per heavy atom. The van der Waals surface area contributed by atoms with E-state index in [0.29, 0.717) is 5.41 Å². The molecule has 0 aromatic heterocycles. The van der Waals surface area contributed by atoms with Crippen LogP contribution in [0.4, 0.5) is 0 Å². The van der Waals surface area contributed by atoms with Crippen molar-refractivity contribution in [2.45, 2.75) is 6.92 Å². The first-order valence-electron chi connectivity index (χ1n) is 6.68. The van der Waals surface area contributed by atoms with Gasteiger partial charge in [-0.3, -0.25) is 0 Å². The van der Waals surface area contributed by atoms with Gasteiger partial charge in [-0.1, -0.05) is 31.2 Å². The van der Waals surface area contributed by atoms with Crippen LogP contribution >= 0.6 is 0 Å². The van der Waals surface area contributed by atoms with E-state index in [1.54, 1.807) is 7.11 Å². The van der Waals surface area contributed by atoms with Gasteiger partial charge in [0.1, 0.15) is 5.75 Å². The number of likely N-dealkylation sites (N-methyl/N-ethyl adjacent to an activating group) is 1. The van der Waals surface area contributed by atoms with Gasteiger partial charge in [0, 0.05) is 18.5 Å². The van der Waals surface area contributed by atoms with Crippen LogP contribution in [-0.4, -0.2) is 45.4 Å². The molecule has 1 heterocycles. The highest BCUT2D eigenvalue weighted by molar-refractivity contribution is 5.50. The molecule has 104 valence electrons. The second-order valence-corrected chi connectivity index (χ2v) is 5.68. The molecule has 0 aliphatic carbocycles. The first-order chi connectivity index (χ1) is 9.11. The van der Waals surface area contributed by atoms with Crippen molar-refractivity contribution < 1.29 is 9.47 Å². The average Bonchev–Trinajstić information content (AvgIpc) is 2.37. The topological polar surface area (TPSA) is 21.7 Å². The minimum atomic E-state index is 0.350. The molecule has 1 aliphatic rings. The maximum atomic E-state index is 5.28. The van der Waals surface area contributed by atoms with Crippen LogP contribution in [0.25, 0.3) is 6.08 Å². The third-order valence-electron chi connectivity index (χ3n) is 3.40. The molecule has 2 rings (SSSR count). The molecule has 0 bridgehead atoms. The third-order valence-corrected chi connectivity index (χ3v) is 3.40. The van der Waals surface area contributed by atoms with E-state index in [4.69, 9.17) is 9.47 Å².